The lowest BCUT2D eigenvalue weighted by Gasteiger charge is -2.16. The SMILES string of the molecule is Cc1cc(CN(C)Cc2ccc(C3CCCO3)s2)ccn1. The predicted molar refractivity (Wildman–Crippen MR) is 86.4 cm³/mol. The van der Waals surface area contributed by atoms with E-state index in [1.807, 2.05) is 24.5 Å². The van der Waals surface area contributed by atoms with Crippen molar-refractivity contribution in [3.63, 3.8) is 0 Å². The second-order valence-electron chi connectivity index (χ2n) is 5.78. The van der Waals surface area contributed by atoms with Crippen LogP contribution in [0.1, 0.15) is 40.0 Å². The minimum atomic E-state index is 0.344. The molecule has 1 aliphatic heterocycles. The van der Waals surface area contributed by atoms with Gasteiger partial charge in [0.2, 0.25) is 0 Å². The van der Waals surface area contributed by atoms with Crippen molar-refractivity contribution in [3.8, 4) is 0 Å². The number of aryl methyl sites for hydroxylation is 1. The standard InChI is InChI=1S/C17H22N2OS/c1-13-10-14(7-8-18-13)11-19(2)12-15-5-6-17(21-15)16-4-3-9-20-16/h5-8,10,16H,3-4,9,11-12H2,1-2H3. The fourth-order valence-electron chi connectivity index (χ4n) is 2.79. The maximum absolute atomic E-state index is 5.76. The largest absolute Gasteiger partial charge is 0.373 e. The maximum atomic E-state index is 5.76. The summed E-state index contributed by atoms with van der Waals surface area (Å²) in [4.78, 5) is 9.39. The van der Waals surface area contributed by atoms with Gasteiger partial charge in [-0.15, -0.1) is 11.3 Å². The summed E-state index contributed by atoms with van der Waals surface area (Å²) in [6, 6.07) is 8.73. The van der Waals surface area contributed by atoms with Gasteiger partial charge in [0, 0.05) is 41.3 Å². The first-order valence-electron chi connectivity index (χ1n) is 7.51. The van der Waals surface area contributed by atoms with Crippen LogP contribution in [0, 0.1) is 6.92 Å². The van der Waals surface area contributed by atoms with Gasteiger partial charge in [0.1, 0.15) is 0 Å². The molecule has 1 unspecified atom stereocenters. The van der Waals surface area contributed by atoms with Crippen LogP contribution in [0.3, 0.4) is 0 Å². The van der Waals surface area contributed by atoms with Crippen LogP contribution in [0.2, 0.25) is 0 Å². The van der Waals surface area contributed by atoms with Gasteiger partial charge in [-0.1, -0.05) is 0 Å². The molecule has 3 nitrogen and oxygen atoms in total. The van der Waals surface area contributed by atoms with Gasteiger partial charge in [0.25, 0.3) is 0 Å². The summed E-state index contributed by atoms with van der Waals surface area (Å²) in [5.74, 6) is 0. The number of ether oxygens (including phenoxy) is 1. The Bertz CT molecular complexity index is 590. The molecule has 2 aromatic heterocycles. The van der Waals surface area contributed by atoms with Crippen LogP contribution in [-0.2, 0) is 17.8 Å². The highest BCUT2D eigenvalue weighted by Crippen LogP contribution is 2.33. The van der Waals surface area contributed by atoms with E-state index < -0.39 is 0 Å². The van der Waals surface area contributed by atoms with Crippen LogP contribution in [-0.4, -0.2) is 23.5 Å². The summed E-state index contributed by atoms with van der Waals surface area (Å²) in [7, 11) is 2.17. The Morgan fingerprint density at radius 3 is 3.00 bits per heavy atom. The van der Waals surface area contributed by atoms with Crippen LogP contribution < -0.4 is 0 Å². The third-order valence-corrected chi connectivity index (χ3v) is 4.93. The van der Waals surface area contributed by atoms with Crippen molar-refractivity contribution >= 4 is 11.3 Å². The summed E-state index contributed by atoms with van der Waals surface area (Å²) < 4.78 is 5.76. The summed E-state index contributed by atoms with van der Waals surface area (Å²) in [5, 5.41) is 0. The molecule has 0 bridgehead atoms. The van der Waals surface area contributed by atoms with E-state index >= 15 is 0 Å². The lowest BCUT2D eigenvalue weighted by atomic mass is 10.2. The van der Waals surface area contributed by atoms with Gasteiger partial charge in [-0.2, -0.15) is 0 Å². The van der Waals surface area contributed by atoms with Crippen LogP contribution in [0.25, 0.3) is 0 Å². The van der Waals surface area contributed by atoms with Gasteiger partial charge in [0.15, 0.2) is 0 Å². The van der Waals surface area contributed by atoms with Crippen molar-refractivity contribution < 1.29 is 4.74 Å². The molecule has 112 valence electrons. The summed E-state index contributed by atoms with van der Waals surface area (Å²) in [6.45, 7) is 4.89. The molecule has 1 fully saturated rings. The molecule has 2 aromatic rings. The molecular weight excluding hydrogens is 280 g/mol. The molecule has 0 amide bonds. The van der Waals surface area contributed by atoms with Crippen molar-refractivity contribution in [1.29, 1.82) is 0 Å². The van der Waals surface area contributed by atoms with Gasteiger partial charge < -0.3 is 4.74 Å². The van der Waals surface area contributed by atoms with Crippen molar-refractivity contribution in [3.05, 3.63) is 51.5 Å². The van der Waals surface area contributed by atoms with Crippen molar-refractivity contribution in [2.24, 2.45) is 0 Å². The lowest BCUT2D eigenvalue weighted by molar-refractivity contribution is 0.114. The molecular formula is C17H22N2OS. The number of hydrogen-bond acceptors (Lipinski definition) is 4. The average molecular weight is 302 g/mol. The van der Waals surface area contributed by atoms with Gasteiger partial charge in [0.05, 0.1) is 6.10 Å². The average Bonchev–Trinajstić information content (AvgIpc) is 3.08. The minimum absolute atomic E-state index is 0.344. The van der Waals surface area contributed by atoms with Gasteiger partial charge in [-0.25, -0.2) is 0 Å². The Kier molecular flexibility index (Phi) is 4.68. The monoisotopic (exact) mass is 302 g/mol. The van der Waals surface area contributed by atoms with E-state index in [9.17, 15) is 0 Å². The van der Waals surface area contributed by atoms with E-state index in [-0.39, 0.29) is 0 Å². The molecule has 21 heavy (non-hydrogen) atoms. The van der Waals surface area contributed by atoms with E-state index in [4.69, 9.17) is 4.74 Å². The summed E-state index contributed by atoms with van der Waals surface area (Å²) >= 11 is 1.89. The molecule has 1 aliphatic rings. The van der Waals surface area contributed by atoms with Gasteiger partial charge in [-0.05, 0) is 56.6 Å². The maximum Gasteiger partial charge on any atom is 0.0917 e. The van der Waals surface area contributed by atoms with E-state index in [1.54, 1.807) is 0 Å². The molecule has 0 aromatic carbocycles. The quantitative estimate of drug-likeness (QED) is 0.836. The molecule has 1 saturated heterocycles. The fourth-order valence-corrected chi connectivity index (χ4v) is 3.97. The van der Waals surface area contributed by atoms with Crippen LogP contribution >= 0.6 is 11.3 Å². The zero-order chi connectivity index (χ0) is 14.7. The Balaban J connectivity index is 1.58. The molecule has 1 atom stereocenters. The highest BCUT2D eigenvalue weighted by molar-refractivity contribution is 7.12. The lowest BCUT2D eigenvalue weighted by Crippen LogP contribution is -2.16. The van der Waals surface area contributed by atoms with E-state index in [0.717, 1.165) is 25.4 Å². The van der Waals surface area contributed by atoms with Gasteiger partial charge in [-0.3, -0.25) is 9.88 Å². The Morgan fingerprint density at radius 1 is 1.33 bits per heavy atom. The number of aromatic nitrogens is 1. The predicted octanol–water partition coefficient (Wildman–Crippen LogP) is 3.94. The zero-order valence-electron chi connectivity index (χ0n) is 12.7. The molecule has 0 N–H and O–H groups in total. The third kappa shape index (κ3) is 3.90. The first kappa shape index (κ1) is 14.7. The van der Waals surface area contributed by atoms with Crippen molar-refractivity contribution in [2.45, 2.75) is 39.0 Å². The molecule has 3 heterocycles. The third-order valence-electron chi connectivity index (χ3n) is 3.77. The fraction of sp³-hybridized carbons (Fsp3) is 0.471. The molecule has 0 spiro atoms. The zero-order valence-corrected chi connectivity index (χ0v) is 13.5. The highest BCUT2D eigenvalue weighted by Gasteiger charge is 2.19. The van der Waals surface area contributed by atoms with Crippen LogP contribution in [0.5, 0.6) is 0 Å². The topological polar surface area (TPSA) is 25.4 Å². The number of hydrogen-bond donors (Lipinski definition) is 0. The first-order chi connectivity index (χ1) is 10.2. The van der Waals surface area contributed by atoms with Crippen LogP contribution in [0.15, 0.2) is 30.5 Å². The van der Waals surface area contributed by atoms with Gasteiger partial charge >= 0.3 is 0 Å². The molecule has 4 heteroatoms. The second-order valence-corrected chi connectivity index (χ2v) is 6.98. The number of thiophene rings is 1. The normalized spacial score (nSPS) is 18.5. The highest BCUT2D eigenvalue weighted by atomic mass is 32.1. The van der Waals surface area contributed by atoms with Crippen molar-refractivity contribution in [1.82, 2.24) is 9.88 Å². The Morgan fingerprint density at radius 2 is 2.24 bits per heavy atom. The number of pyridine rings is 1. The summed E-state index contributed by atoms with van der Waals surface area (Å²) in [6.07, 6.45) is 4.60. The number of rotatable bonds is 5. The summed E-state index contributed by atoms with van der Waals surface area (Å²) in [5.41, 5.74) is 2.40. The molecule has 0 saturated carbocycles. The minimum Gasteiger partial charge on any atom is -0.373 e. The second kappa shape index (κ2) is 6.69. The molecule has 0 aliphatic carbocycles. The number of nitrogens with zero attached hydrogens (tertiary/aromatic N) is 2. The Labute approximate surface area is 130 Å². The molecule has 3 rings (SSSR count). The Hall–Kier alpha value is -1.23. The van der Waals surface area contributed by atoms with Crippen LogP contribution in [0.4, 0.5) is 0 Å². The van der Waals surface area contributed by atoms with E-state index in [1.165, 1.54) is 28.2 Å². The molecule has 0 radical (unpaired) electrons. The van der Waals surface area contributed by atoms with Crippen molar-refractivity contribution in [2.75, 3.05) is 13.7 Å². The van der Waals surface area contributed by atoms with E-state index in [0.29, 0.717) is 6.10 Å². The smallest absolute Gasteiger partial charge is 0.0917 e. The van der Waals surface area contributed by atoms with E-state index in [2.05, 4.69) is 41.2 Å². The first-order valence-corrected chi connectivity index (χ1v) is 8.32.